The molecule has 0 saturated carbocycles. The number of aromatic nitrogens is 3. The fourth-order valence-corrected chi connectivity index (χ4v) is 2.72. The molecule has 0 bridgehead atoms. The van der Waals surface area contributed by atoms with E-state index in [1.807, 2.05) is 30.3 Å². The molecule has 0 saturated heterocycles. The highest BCUT2D eigenvalue weighted by molar-refractivity contribution is 5.87. The summed E-state index contributed by atoms with van der Waals surface area (Å²) in [5.41, 5.74) is 1.85. The minimum Gasteiger partial charge on any atom is -0.478 e. The Balaban J connectivity index is 1.79. The normalized spacial score (nSPS) is 24.3. The Kier molecular flexibility index (Phi) is 4.22. The summed E-state index contributed by atoms with van der Waals surface area (Å²) < 4.78 is 1.43. The van der Waals surface area contributed by atoms with Gasteiger partial charge in [-0.2, -0.15) is 0 Å². The second-order valence-electron chi connectivity index (χ2n) is 5.60. The smallest absolute Gasteiger partial charge is 0.331 e. The lowest BCUT2D eigenvalue weighted by Gasteiger charge is -2.29. The molecule has 0 fully saturated rings. The molecular weight excluding hydrogens is 298 g/mol. The van der Waals surface area contributed by atoms with Gasteiger partial charge in [0.1, 0.15) is 12.2 Å². The number of carboxylic acids is 1. The van der Waals surface area contributed by atoms with E-state index in [-0.39, 0.29) is 12.0 Å². The van der Waals surface area contributed by atoms with E-state index in [9.17, 15) is 15.0 Å². The molecule has 0 unspecified atom stereocenters. The largest absolute Gasteiger partial charge is 0.478 e. The van der Waals surface area contributed by atoms with Gasteiger partial charge in [0.25, 0.3) is 0 Å². The van der Waals surface area contributed by atoms with Crippen molar-refractivity contribution in [1.82, 2.24) is 15.0 Å². The van der Waals surface area contributed by atoms with Crippen molar-refractivity contribution in [3.63, 3.8) is 0 Å². The van der Waals surface area contributed by atoms with Crippen LogP contribution in [0.2, 0.25) is 0 Å². The van der Waals surface area contributed by atoms with Gasteiger partial charge in [0.15, 0.2) is 0 Å². The maximum Gasteiger partial charge on any atom is 0.331 e. The van der Waals surface area contributed by atoms with E-state index in [2.05, 4.69) is 10.3 Å². The third-order valence-electron chi connectivity index (χ3n) is 3.95. The topological polar surface area (TPSA) is 108 Å². The van der Waals surface area contributed by atoms with E-state index in [1.165, 1.54) is 10.8 Å². The van der Waals surface area contributed by atoms with Gasteiger partial charge in [-0.05, 0) is 11.6 Å². The van der Waals surface area contributed by atoms with Gasteiger partial charge in [-0.25, -0.2) is 9.48 Å². The molecule has 1 aliphatic carbocycles. The van der Waals surface area contributed by atoms with Crippen molar-refractivity contribution in [2.45, 2.75) is 31.1 Å². The highest BCUT2D eigenvalue weighted by Gasteiger charge is 2.34. The number of benzene rings is 1. The van der Waals surface area contributed by atoms with Gasteiger partial charge in [-0.15, -0.1) is 5.10 Å². The third-order valence-corrected chi connectivity index (χ3v) is 3.95. The first-order valence-corrected chi connectivity index (χ1v) is 7.29. The highest BCUT2D eigenvalue weighted by atomic mass is 16.4. The molecule has 0 aliphatic heterocycles. The fourth-order valence-electron chi connectivity index (χ4n) is 2.72. The molecular formula is C16H17N3O4. The molecule has 7 nitrogen and oxygen atoms in total. The number of carbonyl (C=O) groups is 1. The molecule has 120 valence electrons. The molecule has 1 aromatic carbocycles. The molecule has 7 heteroatoms. The zero-order valence-corrected chi connectivity index (χ0v) is 12.3. The van der Waals surface area contributed by atoms with Crippen LogP contribution in [0, 0.1) is 0 Å². The summed E-state index contributed by atoms with van der Waals surface area (Å²) in [4.78, 5) is 11.1. The summed E-state index contributed by atoms with van der Waals surface area (Å²) in [5.74, 6) is -1.11. The second-order valence-corrected chi connectivity index (χ2v) is 5.60. The Labute approximate surface area is 132 Å². The molecule has 0 amide bonds. The van der Waals surface area contributed by atoms with Crippen LogP contribution in [0.1, 0.15) is 23.7 Å². The lowest BCUT2D eigenvalue weighted by molar-refractivity contribution is -0.133. The molecule has 1 aromatic heterocycles. The Morgan fingerprint density at radius 1 is 1.26 bits per heavy atom. The number of nitrogens with zero attached hydrogens (tertiary/aromatic N) is 3. The first-order chi connectivity index (χ1) is 11.0. The number of rotatable bonds is 4. The minimum absolute atomic E-state index is 0.0629. The molecule has 3 rings (SSSR count). The third kappa shape index (κ3) is 3.30. The lowest BCUT2D eigenvalue weighted by Crippen LogP contribution is -2.39. The van der Waals surface area contributed by atoms with E-state index in [0.29, 0.717) is 12.1 Å². The molecule has 0 spiro atoms. The zero-order chi connectivity index (χ0) is 16.4. The van der Waals surface area contributed by atoms with Crippen molar-refractivity contribution in [2.24, 2.45) is 0 Å². The monoisotopic (exact) mass is 315 g/mol. The van der Waals surface area contributed by atoms with E-state index < -0.39 is 24.2 Å². The summed E-state index contributed by atoms with van der Waals surface area (Å²) >= 11 is 0. The molecule has 3 atom stereocenters. The van der Waals surface area contributed by atoms with Crippen molar-refractivity contribution >= 4 is 5.97 Å². The number of carboxylic acid groups (broad SMARTS) is 1. The summed E-state index contributed by atoms with van der Waals surface area (Å²) in [6, 6.07) is 9.10. The van der Waals surface area contributed by atoms with Gasteiger partial charge in [0, 0.05) is 24.6 Å². The molecule has 23 heavy (non-hydrogen) atoms. The van der Waals surface area contributed by atoms with Gasteiger partial charge < -0.3 is 15.3 Å². The summed E-state index contributed by atoms with van der Waals surface area (Å²) in [6.45, 7) is 0. The van der Waals surface area contributed by atoms with Crippen molar-refractivity contribution in [3.8, 4) is 0 Å². The van der Waals surface area contributed by atoms with Crippen LogP contribution in [0.15, 0.2) is 48.2 Å². The molecule has 2 aromatic rings. The number of aliphatic carboxylic acids is 1. The van der Waals surface area contributed by atoms with Crippen LogP contribution >= 0.6 is 0 Å². The minimum atomic E-state index is -1.23. The zero-order valence-electron chi connectivity index (χ0n) is 12.3. The SMILES string of the molecule is O=C(O)C1=C[C@@H](O)[C@@H](O)[C@H](n2cc(Cc3ccccc3)nn2)C1. The standard InChI is InChI=1S/C16H17N3O4/c20-14-8-11(16(22)23)7-13(15(14)21)19-9-12(17-18-19)6-10-4-2-1-3-5-10/h1-5,8-9,13-15,20-21H,6-7H2,(H,22,23)/t13-,14-,15+/m1/s1. The van der Waals surface area contributed by atoms with Crippen LogP contribution in [-0.2, 0) is 11.2 Å². The first-order valence-electron chi connectivity index (χ1n) is 7.29. The lowest BCUT2D eigenvalue weighted by atomic mass is 9.90. The fraction of sp³-hybridized carbons (Fsp3) is 0.312. The van der Waals surface area contributed by atoms with Gasteiger partial charge in [0.2, 0.25) is 0 Å². The highest BCUT2D eigenvalue weighted by Crippen LogP contribution is 2.29. The van der Waals surface area contributed by atoms with E-state index in [0.717, 1.165) is 5.56 Å². The predicted octanol–water partition coefficient (Wildman–Crippen LogP) is 0.546. The van der Waals surface area contributed by atoms with Crippen molar-refractivity contribution in [2.75, 3.05) is 0 Å². The van der Waals surface area contributed by atoms with Crippen molar-refractivity contribution in [3.05, 3.63) is 59.4 Å². The Morgan fingerprint density at radius 2 is 2.00 bits per heavy atom. The van der Waals surface area contributed by atoms with E-state index in [1.54, 1.807) is 6.20 Å². The van der Waals surface area contributed by atoms with Gasteiger partial charge >= 0.3 is 5.97 Å². The van der Waals surface area contributed by atoms with Crippen LogP contribution in [0.25, 0.3) is 0 Å². The van der Waals surface area contributed by atoms with Crippen LogP contribution in [0.4, 0.5) is 0 Å². The predicted molar refractivity (Wildman–Crippen MR) is 80.7 cm³/mol. The van der Waals surface area contributed by atoms with Gasteiger partial charge in [-0.1, -0.05) is 35.5 Å². The number of hydrogen-bond acceptors (Lipinski definition) is 5. The van der Waals surface area contributed by atoms with E-state index >= 15 is 0 Å². The molecule has 3 N–H and O–H groups in total. The average Bonchev–Trinajstić information content (AvgIpc) is 2.99. The van der Waals surface area contributed by atoms with Gasteiger partial charge in [0.05, 0.1) is 11.7 Å². The van der Waals surface area contributed by atoms with E-state index in [4.69, 9.17) is 5.11 Å². The van der Waals surface area contributed by atoms with Crippen molar-refractivity contribution < 1.29 is 20.1 Å². The summed E-state index contributed by atoms with van der Waals surface area (Å²) in [5, 5.41) is 37.1. The maximum absolute atomic E-state index is 11.1. The molecule has 0 radical (unpaired) electrons. The van der Waals surface area contributed by atoms with Crippen LogP contribution in [0.5, 0.6) is 0 Å². The van der Waals surface area contributed by atoms with Crippen molar-refractivity contribution in [1.29, 1.82) is 0 Å². The average molecular weight is 315 g/mol. The van der Waals surface area contributed by atoms with Gasteiger partial charge in [-0.3, -0.25) is 0 Å². The Hall–Kier alpha value is -2.51. The van der Waals surface area contributed by atoms with Crippen LogP contribution < -0.4 is 0 Å². The van der Waals surface area contributed by atoms with Crippen LogP contribution in [0.3, 0.4) is 0 Å². The first kappa shape index (κ1) is 15.4. The Bertz CT molecular complexity index is 726. The second kappa shape index (κ2) is 6.31. The Morgan fingerprint density at radius 3 is 2.70 bits per heavy atom. The summed E-state index contributed by atoms with van der Waals surface area (Å²) in [7, 11) is 0. The number of hydrogen-bond donors (Lipinski definition) is 3. The van der Waals surface area contributed by atoms with Crippen LogP contribution in [-0.4, -0.2) is 48.5 Å². The number of aliphatic hydroxyl groups excluding tert-OH is 2. The number of aliphatic hydroxyl groups is 2. The quantitative estimate of drug-likeness (QED) is 0.760. The summed E-state index contributed by atoms with van der Waals surface area (Å²) in [6.07, 6.45) is 1.17. The molecule has 1 aliphatic rings. The maximum atomic E-state index is 11.1. The molecule has 1 heterocycles.